The molecule has 1 aliphatic rings. The molecule has 1 fully saturated rings. The van der Waals surface area contributed by atoms with Gasteiger partial charge in [0.25, 0.3) is 11.8 Å². The predicted molar refractivity (Wildman–Crippen MR) is 116 cm³/mol. The number of nitrogens with zero attached hydrogens (tertiary/aromatic N) is 1. The molecule has 34 heavy (non-hydrogen) atoms. The van der Waals surface area contributed by atoms with E-state index >= 15 is 0 Å². The SMILES string of the molecule is O=C(CCOc1ccc(C=C2C(=O)NNC2=O)cc1)Nc1nc2ccc(OC(F)(F)F)cc2s1. The van der Waals surface area contributed by atoms with Crippen LogP contribution in [0.5, 0.6) is 11.5 Å². The molecular weight excluding hydrogens is 477 g/mol. The van der Waals surface area contributed by atoms with Crippen molar-refractivity contribution in [3.63, 3.8) is 0 Å². The van der Waals surface area contributed by atoms with Gasteiger partial charge in [-0.1, -0.05) is 23.5 Å². The first-order chi connectivity index (χ1) is 16.2. The zero-order chi connectivity index (χ0) is 24.3. The summed E-state index contributed by atoms with van der Waals surface area (Å²) in [5, 5.41) is 2.82. The van der Waals surface area contributed by atoms with E-state index in [1.807, 2.05) is 0 Å². The number of hydrazine groups is 1. The van der Waals surface area contributed by atoms with Crippen LogP contribution in [-0.4, -0.2) is 35.7 Å². The summed E-state index contributed by atoms with van der Waals surface area (Å²) >= 11 is 1.02. The van der Waals surface area contributed by atoms with Crippen LogP contribution in [-0.2, 0) is 14.4 Å². The molecule has 0 atom stereocenters. The molecule has 3 aromatic rings. The summed E-state index contributed by atoms with van der Waals surface area (Å²) in [6.45, 7) is 0.0611. The van der Waals surface area contributed by atoms with E-state index in [-0.39, 0.29) is 35.4 Å². The molecule has 1 aliphatic heterocycles. The minimum absolute atomic E-state index is 0.00447. The number of carbonyl (C=O) groups is 3. The summed E-state index contributed by atoms with van der Waals surface area (Å²) in [7, 11) is 0. The van der Waals surface area contributed by atoms with E-state index in [9.17, 15) is 27.6 Å². The number of carbonyl (C=O) groups excluding carboxylic acids is 3. The van der Waals surface area contributed by atoms with Crippen LogP contribution in [0, 0.1) is 0 Å². The van der Waals surface area contributed by atoms with Gasteiger partial charge in [0, 0.05) is 6.07 Å². The van der Waals surface area contributed by atoms with Gasteiger partial charge in [-0.25, -0.2) is 4.98 Å². The lowest BCUT2D eigenvalue weighted by Crippen LogP contribution is -2.28. The zero-order valence-electron chi connectivity index (χ0n) is 17.1. The second-order valence-corrected chi connectivity index (χ2v) is 7.91. The van der Waals surface area contributed by atoms with Gasteiger partial charge in [-0.15, -0.1) is 13.2 Å². The average molecular weight is 492 g/mol. The number of hydrogen-bond donors (Lipinski definition) is 3. The van der Waals surface area contributed by atoms with Crippen molar-refractivity contribution in [1.29, 1.82) is 0 Å². The highest BCUT2D eigenvalue weighted by Crippen LogP contribution is 2.31. The number of nitrogens with one attached hydrogen (secondary N) is 3. The minimum Gasteiger partial charge on any atom is -0.493 e. The molecule has 0 radical (unpaired) electrons. The highest BCUT2D eigenvalue weighted by molar-refractivity contribution is 7.22. The Morgan fingerprint density at radius 2 is 1.74 bits per heavy atom. The number of fused-ring (bicyclic) bond motifs is 1. The Morgan fingerprint density at radius 1 is 1.06 bits per heavy atom. The smallest absolute Gasteiger partial charge is 0.493 e. The summed E-state index contributed by atoms with van der Waals surface area (Å²) in [6.07, 6.45) is -3.36. The number of ether oxygens (including phenoxy) is 2. The topological polar surface area (TPSA) is 119 Å². The van der Waals surface area contributed by atoms with Gasteiger partial charge in [0.2, 0.25) is 5.91 Å². The lowest BCUT2D eigenvalue weighted by Gasteiger charge is -2.07. The fourth-order valence-corrected chi connectivity index (χ4v) is 3.82. The van der Waals surface area contributed by atoms with Gasteiger partial charge in [0.15, 0.2) is 5.13 Å². The Morgan fingerprint density at radius 3 is 2.41 bits per heavy atom. The quantitative estimate of drug-likeness (QED) is 0.345. The monoisotopic (exact) mass is 492 g/mol. The number of anilines is 1. The fourth-order valence-electron chi connectivity index (χ4n) is 2.91. The number of amides is 3. The number of thiazole rings is 1. The maximum atomic E-state index is 12.4. The van der Waals surface area contributed by atoms with E-state index < -0.39 is 18.2 Å². The first kappa shape index (κ1) is 23.0. The summed E-state index contributed by atoms with van der Waals surface area (Å²) in [6, 6.07) is 10.3. The molecule has 0 bridgehead atoms. The van der Waals surface area contributed by atoms with Crippen molar-refractivity contribution in [3.05, 3.63) is 53.6 Å². The van der Waals surface area contributed by atoms with Crippen LogP contribution in [0.4, 0.5) is 18.3 Å². The van der Waals surface area contributed by atoms with E-state index in [0.717, 1.165) is 17.4 Å². The highest BCUT2D eigenvalue weighted by atomic mass is 32.1. The molecule has 2 heterocycles. The molecule has 2 aromatic carbocycles. The summed E-state index contributed by atoms with van der Waals surface area (Å²) in [5.41, 5.74) is 5.44. The van der Waals surface area contributed by atoms with Crippen molar-refractivity contribution in [2.45, 2.75) is 12.8 Å². The van der Waals surface area contributed by atoms with Crippen LogP contribution in [0.3, 0.4) is 0 Å². The van der Waals surface area contributed by atoms with Crippen LogP contribution in [0.2, 0.25) is 0 Å². The van der Waals surface area contributed by atoms with Crippen molar-refractivity contribution >= 4 is 50.5 Å². The molecule has 176 valence electrons. The van der Waals surface area contributed by atoms with Crippen LogP contribution >= 0.6 is 11.3 Å². The molecule has 3 N–H and O–H groups in total. The van der Waals surface area contributed by atoms with Gasteiger partial charge < -0.3 is 14.8 Å². The van der Waals surface area contributed by atoms with Gasteiger partial charge in [0.05, 0.1) is 23.2 Å². The first-order valence-electron chi connectivity index (χ1n) is 9.68. The second-order valence-electron chi connectivity index (χ2n) is 6.88. The van der Waals surface area contributed by atoms with Gasteiger partial charge in [0.1, 0.15) is 17.1 Å². The molecule has 3 amide bonds. The van der Waals surface area contributed by atoms with E-state index in [0.29, 0.717) is 21.5 Å². The summed E-state index contributed by atoms with van der Waals surface area (Å²) in [4.78, 5) is 39.4. The van der Waals surface area contributed by atoms with E-state index in [1.54, 1.807) is 24.3 Å². The number of aromatic nitrogens is 1. The van der Waals surface area contributed by atoms with Crippen molar-refractivity contribution in [3.8, 4) is 11.5 Å². The largest absolute Gasteiger partial charge is 0.573 e. The maximum Gasteiger partial charge on any atom is 0.573 e. The Balaban J connectivity index is 1.28. The van der Waals surface area contributed by atoms with E-state index in [2.05, 4.69) is 25.9 Å². The average Bonchev–Trinajstić information content (AvgIpc) is 3.30. The van der Waals surface area contributed by atoms with Gasteiger partial charge in [-0.05, 0) is 35.9 Å². The van der Waals surface area contributed by atoms with Gasteiger partial charge >= 0.3 is 6.36 Å². The highest BCUT2D eigenvalue weighted by Gasteiger charge is 2.31. The first-order valence-corrected chi connectivity index (χ1v) is 10.5. The molecule has 4 rings (SSSR count). The third-order valence-electron chi connectivity index (χ3n) is 4.41. The molecule has 0 spiro atoms. The molecule has 1 saturated heterocycles. The Hall–Kier alpha value is -4.13. The van der Waals surface area contributed by atoms with Crippen molar-refractivity contribution in [1.82, 2.24) is 15.8 Å². The van der Waals surface area contributed by atoms with Crippen LogP contribution in [0.1, 0.15) is 12.0 Å². The number of hydrogen-bond acceptors (Lipinski definition) is 7. The lowest BCUT2D eigenvalue weighted by atomic mass is 10.1. The van der Waals surface area contributed by atoms with Crippen LogP contribution in [0.15, 0.2) is 48.0 Å². The van der Waals surface area contributed by atoms with Crippen molar-refractivity contribution < 1.29 is 37.0 Å². The molecule has 9 nitrogen and oxygen atoms in total. The maximum absolute atomic E-state index is 12.4. The van der Waals surface area contributed by atoms with E-state index in [4.69, 9.17) is 4.74 Å². The normalized spacial score (nSPS) is 13.4. The number of alkyl halides is 3. The molecule has 0 saturated carbocycles. The zero-order valence-corrected chi connectivity index (χ0v) is 17.9. The molecule has 0 unspecified atom stereocenters. The second kappa shape index (κ2) is 9.39. The van der Waals surface area contributed by atoms with E-state index in [1.165, 1.54) is 18.2 Å². The van der Waals surface area contributed by atoms with Gasteiger partial charge in [-0.2, -0.15) is 0 Å². The third kappa shape index (κ3) is 5.81. The molecular formula is C21H15F3N4O5S. The Bertz CT molecular complexity index is 1270. The number of rotatable bonds is 7. The minimum atomic E-state index is -4.80. The Kier molecular flexibility index (Phi) is 6.36. The standard InChI is InChI=1S/C21H15F3N4O5S/c22-21(23,24)33-13-5-6-15-16(10-13)34-20(25-15)26-17(29)7-8-32-12-3-1-11(2-4-12)9-14-18(30)27-28-19(14)31/h1-6,9-10H,7-8H2,(H,27,30)(H,28,31)(H,25,26,29). The van der Waals surface area contributed by atoms with Crippen molar-refractivity contribution in [2.75, 3.05) is 11.9 Å². The molecule has 0 aliphatic carbocycles. The Labute approximate surface area is 193 Å². The number of benzene rings is 2. The molecule has 13 heteroatoms. The van der Waals surface area contributed by atoms with Crippen LogP contribution < -0.4 is 25.6 Å². The fraction of sp³-hybridized carbons (Fsp3) is 0.143. The number of halogens is 3. The van der Waals surface area contributed by atoms with Crippen molar-refractivity contribution in [2.24, 2.45) is 0 Å². The summed E-state index contributed by atoms with van der Waals surface area (Å²) < 4.78 is 46.9. The lowest BCUT2D eigenvalue weighted by molar-refractivity contribution is -0.274. The summed E-state index contributed by atoms with van der Waals surface area (Å²) in [5.74, 6) is -1.30. The molecule has 1 aromatic heterocycles. The van der Waals surface area contributed by atoms with Gasteiger partial charge in [-0.3, -0.25) is 25.2 Å². The predicted octanol–water partition coefficient (Wildman–Crippen LogP) is 3.15. The van der Waals surface area contributed by atoms with Crippen LogP contribution in [0.25, 0.3) is 16.3 Å². The third-order valence-corrected chi connectivity index (χ3v) is 5.34.